The summed E-state index contributed by atoms with van der Waals surface area (Å²) < 4.78 is 0. The molecule has 1 rings (SSSR count). The fourth-order valence-corrected chi connectivity index (χ4v) is 2.45. The Balaban J connectivity index is 2.50. The zero-order chi connectivity index (χ0) is 9.03. The molecule has 1 aliphatic rings. The van der Waals surface area contributed by atoms with E-state index in [1.165, 1.54) is 38.5 Å². The van der Waals surface area contributed by atoms with Gasteiger partial charge in [-0.05, 0) is 24.7 Å². The smallest absolute Gasteiger partial charge is 0.0264 e. The minimum Gasteiger partial charge on any atom is -0.271 e. The molecule has 0 aliphatic heterocycles. The number of rotatable bonds is 4. The largest absolute Gasteiger partial charge is 0.271 e. The molecule has 0 aromatic carbocycles. The van der Waals surface area contributed by atoms with Crippen molar-refractivity contribution < 1.29 is 0 Å². The van der Waals surface area contributed by atoms with Gasteiger partial charge in [-0.2, -0.15) is 0 Å². The van der Waals surface area contributed by atoms with Crippen LogP contribution in [-0.2, 0) is 0 Å². The minimum atomic E-state index is 0.477. The van der Waals surface area contributed by atoms with Gasteiger partial charge in [-0.1, -0.05) is 33.1 Å². The lowest BCUT2D eigenvalue weighted by Gasteiger charge is -2.33. The first-order valence-corrected chi connectivity index (χ1v) is 5.19. The Kier molecular flexibility index (Phi) is 3.53. The molecule has 0 radical (unpaired) electrons. The number of hydrogen-bond donors (Lipinski definition) is 2. The standard InChI is InChI=1S/C10H22N2/c1-3-6-9(12-11)10(2)7-4-5-8-10/h9,12H,3-8,11H2,1-2H3. The summed E-state index contributed by atoms with van der Waals surface area (Å²) in [5.41, 5.74) is 3.46. The summed E-state index contributed by atoms with van der Waals surface area (Å²) in [6.45, 7) is 4.60. The molecule has 0 aromatic rings. The van der Waals surface area contributed by atoms with E-state index >= 15 is 0 Å². The third-order valence-corrected chi connectivity index (χ3v) is 3.37. The molecular formula is C10H22N2. The molecule has 0 saturated heterocycles. The lowest BCUT2D eigenvalue weighted by Crippen LogP contribution is -2.45. The Hall–Kier alpha value is -0.0800. The van der Waals surface area contributed by atoms with Crippen molar-refractivity contribution in [2.45, 2.75) is 58.4 Å². The molecule has 1 aliphatic carbocycles. The van der Waals surface area contributed by atoms with Crippen molar-refractivity contribution >= 4 is 0 Å². The van der Waals surface area contributed by atoms with Crippen molar-refractivity contribution in [2.75, 3.05) is 0 Å². The molecular weight excluding hydrogens is 148 g/mol. The van der Waals surface area contributed by atoms with Crippen LogP contribution in [0.1, 0.15) is 52.4 Å². The topological polar surface area (TPSA) is 38.0 Å². The molecule has 0 aromatic heterocycles. The molecule has 0 bridgehead atoms. The normalized spacial score (nSPS) is 24.2. The molecule has 3 N–H and O–H groups in total. The zero-order valence-electron chi connectivity index (χ0n) is 8.40. The van der Waals surface area contributed by atoms with Gasteiger partial charge in [0.2, 0.25) is 0 Å². The molecule has 0 amide bonds. The highest BCUT2D eigenvalue weighted by molar-refractivity contribution is 4.89. The Morgan fingerprint density at radius 1 is 1.42 bits per heavy atom. The molecule has 1 saturated carbocycles. The minimum absolute atomic E-state index is 0.477. The summed E-state index contributed by atoms with van der Waals surface area (Å²) in [6.07, 6.45) is 7.91. The van der Waals surface area contributed by atoms with Gasteiger partial charge in [-0.15, -0.1) is 0 Å². The fourth-order valence-electron chi connectivity index (χ4n) is 2.45. The van der Waals surface area contributed by atoms with Crippen molar-refractivity contribution in [3.63, 3.8) is 0 Å². The summed E-state index contributed by atoms with van der Waals surface area (Å²) in [5.74, 6) is 5.57. The Bertz CT molecular complexity index is 128. The first-order valence-electron chi connectivity index (χ1n) is 5.19. The third-order valence-electron chi connectivity index (χ3n) is 3.37. The van der Waals surface area contributed by atoms with Crippen LogP contribution in [0, 0.1) is 5.41 Å². The first kappa shape index (κ1) is 10.0. The second kappa shape index (κ2) is 4.24. The Labute approximate surface area is 75.9 Å². The fraction of sp³-hybridized carbons (Fsp3) is 1.00. The predicted octanol–water partition coefficient (Wildman–Crippen LogP) is 2.20. The van der Waals surface area contributed by atoms with Crippen LogP contribution in [0.3, 0.4) is 0 Å². The van der Waals surface area contributed by atoms with Gasteiger partial charge in [-0.3, -0.25) is 11.3 Å². The number of nitrogens with two attached hydrogens (primary N) is 1. The summed E-state index contributed by atoms with van der Waals surface area (Å²) in [5, 5.41) is 0. The number of hydrazine groups is 1. The molecule has 12 heavy (non-hydrogen) atoms. The summed E-state index contributed by atoms with van der Waals surface area (Å²) in [7, 11) is 0. The van der Waals surface area contributed by atoms with E-state index in [9.17, 15) is 0 Å². The molecule has 0 spiro atoms. The Morgan fingerprint density at radius 2 is 2.00 bits per heavy atom. The molecule has 1 unspecified atom stereocenters. The lowest BCUT2D eigenvalue weighted by atomic mass is 9.79. The van der Waals surface area contributed by atoms with E-state index in [-0.39, 0.29) is 0 Å². The van der Waals surface area contributed by atoms with Crippen LogP contribution in [0.4, 0.5) is 0 Å². The van der Waals surface area contributed by atoms with Crippen LogP contribution >= 0.6 is 0 Å². The molecule has 2 nitrogen and oxygen atoms in total. The van der Waals surface area contributed by atoms with Crippen molar-refractivity contribution in [1.82, 2.24) is 5.43 Å². The van der Waals surface area contributed by atoms with Gasteiger partial charge in [0.05, 0.1) is 0 Å². The monoisotopic (exact) mass is 170 g/mol. The van der Waals surface area contributed by atoms with Gasteiger partial charge >= 0.3 is 0 Å². The van der Waals surface area contributed by atoms with Gasteiger partial charge in [0, 0.05) is 6.04 Å². The SMILES string of the molecule is CCCC(NN)C1(C)CCCC1. The van der Waals surface area contributed by atoms with Gasteiger partial charge < -0.3 is 0 Å². The van der Waals surface area contributed by atoms with Crippen LogP contribution in [-0.4, -0.2) is 6.04 Å². The predicted molar refractivity (Wildman–Crippen MR) is 52.6 cm³/mol. The molecule has 0 heterocycles. The van der Waals surface area contributed by atoms with Crippen LogP contribution < -0.4 is 11.3 Å². The maximum Gasteiger partial charge on any atom is 0.0264 e. The highest BCUT2D eigenvalue weighted by Crippen LogP contribution is 2.41. The van der Waals surface area contributed by atoms with E-state index in [1.807, 2.05) is 0 Å². The average Bonchev–Trinajstić information content (AvgIpc) is 2.49. The molecule has 2 heteroatoms. The highest BCUT2D eigenvalue weighted by atomic mass is 15.2. The van der Waals surface area contributed by atoms with Gasteiger partial charge in [0.25, 0.3) is 0 Å². The van der Waals surface area contributed by atoms with Crippen LogP contribution in [0.5, 0.6) is 0 Å². The van der Waals surface area contributed by atoms with Gasteiger partial charge in [0.15, 0.2) is 0 Å². The zero-order valence-corrected chi connectivity index (χ0v) is 8.40. The van der Waals surface area contributed by atoms with E-state index in [2.05, 4.69) is 19.3 Å². The van der Waals surface area contributed by atoms with E-state index in [4.69, 9.17) is 5.84 Å². The third kappa shape index (κ3) is 1.99. The number of hydrogen-bond acceptors (Lipinski definition) is 2. The van der Waals surface area contributed by atoms with E-state index in [1.54, 1.807) is 0 Å². The maximum absolute atomic E-state index is 5.57. The molecule has 72 valence electrons. The van der Waals surface area contributed by atoms with E-state index < -0.39 is 0 Å². The second-order valence-corrected chi connectivity index (χ2v) is 4.37. The van der Waals surface area contributed by atoms with Crippen molar-refractivity contribution in [1.29, 1.82) is 0 Å². The van der Waals surface area contributed by atoms with Crippen LogP contribution in [0.15, 0.2) is 0 Å². The van der Waals surface area contributed by atoms with Gasteiger partial charge in [-0.25, -0.2) is 0 Å². The average molecular weight is 170 g/mol. The van der Waals surface area contributed by atoms with Crippen molar-refractivity contribution in [3.05, 3.63) is 0 Å². The molecule has 1 atom stereocenters. The summed E-state index contributed by atoms with van der Waals surface area (Å²) in [4.78, 5) is 0. The van der Waals surface area contributed by atoms with Crippen molar-refractivity contribution in [3.8, 4) is 0 Å². The van der Waals surface area contributed by atoms with E-state index in [0.717, 1.165) is 0 Å². The Morgan fingerprint density at radius 3 is 2.42 bits per heavy atom. The van der Waals surface area contributed by atoms with Crippen LogP contribution in [0.25, 0.3) is 0 Å². The summed E-state index contributed by atoms with van der Waals surface area (Å²) >= 11 is 0. The number of nitrogens with one attached hydrogen (secondary N) is 1. The van der Waals surface area contributed by atoms with Crippen molar-refractivity contribution in [2.24, 2.45) is 11.3 Å². The first-order chi connectivity index (χ1) is 5.73. The van der Waals surface area contributed by atoms with Crippen LogP contribution in [0.2, 0.25) is 0 Å². The highest BCUT2D eigenvalue weighted by Gasteiger charge is 2.35. The van der Waals surface area contributed by atoms with E-state index in [0.29, 0.717) is 11.5 Å². The van der Waals surface area contributed by atoms with Gasteiger partial charge in [0.1, 0.15) is 0 Å². The second-order valence-electron chi connectivity index (χ2n) is 4.37. The lowest BCUT2D eigenvalue weighted by molar-refractivity contribution is 0.210. The molecule has 1 fully saturated rings. The maximum atomic E-state index is 5.57. The quantitative estimate of drug-likeness (QED) is 0.501. The summed E-state index contributed by atoms with van der Waals surface area (Å²) in [6, 6.07) is 0.532.